The van der Waals surface area contributed by atoms with Crippen molar-refractivity contribution in [3.63, 3.8) is 0 Å². The third kappa shape index (κ3) is 5.27. The first kappa shape index (κ1) is 20.4. The molecule has 2 nitrogen and oxygen atoms in total. The smallest absolute Gasteiger partial charge is 0.0888 e. The van der Waals surface area contributed by atoms with E-state index in [1.807, 2.05) is 12.2 Å². The lowest BCUT2D eigenvalue weighted by Crippen LogP contribution is -2.19. The fraction of sp³-hybridized carbons (Fsp3) is 0.500. The Morgan fingerprint density at radius 2 is 1.96 bits per heavy atom. The number of azo groups is 1. The van der Waals surface area contributed by atoms with E-state index in [9.17, 15) is 0 Å². The Morgan fingerprint density at radius 1 is 1.27 bits per heavy atom. The molecule has 1 unspecified atom stereocenters. The predicted molar refractivity (Wildman–Crippen MR) is 113 cm³/mol. The van der Waals surface area contributed by atoms with Crippen LogP contribution in [0.1, 0.15) is 57.6 Å². The van der Waals surface area contributed by atoms with Gasteiger partial charge in [0.15, 0.2) is 0 Å². The molecule has 140 valence electrons. The molecule has 0 spiro atoms. The number of hydrogen-bond acceptors (Lipinski definition) is 2. The van der Waals surface area contributed by atoms with Gasteiger partial charge in [0.05, 0.1) is 11.4 Å². The molecular formula is C24H34N2. The Kier molecular flexibility index (Phi) is 7.14. The number of allylic oxidation sites excluding steroid dienone is 4. The molecule has 0 bridgehead atoms. The first-order valence-corrected chi connectivity index (χ1v) is 9.85. The predicted octanol–water partition coefficient (Wildman–Crippen LogP) is 7.73. The SMILES string of the molecule is C=C/C=C(/N=Nc1cc(CC2CCCC2)ccc1C)C(C)C(C)(C)C=C. The van der Waals surface area contributed by atoms with Gasteiger partial charge >= 0.3 is 0 Å². The summed E-state index contributed by atoms with van der Waals surface area (Å²) in [6.45, 7) is 16.4. The molecule has 2 heteroatoms. The monoisotopic (exact) mass is 350 g/mol. The summed E-state index contributed by atoms with van der Waals surface area (Å²) in [7, 11) is 0. The largest absolute Gasteiger partial charge is 0.155 e. The zero-order chi connectivity index (χ0) is 19.2. The van der Waals surface area contributed by atoms with Crippen LogP contribution in [0.15, 0.2) is 65.5 Å². The van der Waals surface area contributed by atoms with Crippen LogP contribution in [0.25, 0.3) is 0 Å². The van der Waals surface area contributed by atoms with Crippen molar-refractivity contribution in [2.24, 2.45) is 27.5 Å². The van der Waals surface area contributed by atoms with Gasteiger partial charge in [-0.2, -0.15) is 10.2 Å². The quantitative estimate of drug-likeness (QED) is 0.260. The maximum Gasteiger partial charge on any atom is 0.0888 e. The second-order valence-electron chi connectivity index (χ2n) is 8.25. The van der Waals surface area contributed by atoms with E-state index in [4.69, 9.17) is 0 Å². The third-order valence-electron chi connectivity index (χ3n) is 5.92. The average Bonchev–Trinajstić information content (AvgIpc) is 3.13. The third-order valence-corrected chi connectivity index (χ3v) is 5.92. The van der Waals surface area contributed by atoms with E-state index < -0.39 is 0 Å². The van der Waals surface area contributed by atoms with Crippen molar-refractivity contribution in [1.82, 2.24) is 0 Å². The summed E-state index contributed by atoms with van der Waals surface area (Å²) in [5.74, 6) is 1.05. The van der Waals surface area contributed by atoms with Gasteiger partial charge in [0.2, 0.25) is 0 Å². The Labute approximate surface area is 159 Å². The minimum Gasteiger partial charge on any atom is -0.155 e. The van der Waals surface area contributed by atoms with Crippen LogP contribution in [0, 0.1) is 24.2 Å². The molecule has 2 rings (SSSR count). The Bertz CT molecular complexity index is 688. The maximum absolute atomic E-state index is 4.60. The first-order valence-electron chi connectivity index (χ1n) is 9.85. The number of hydrogen-bond donors (Lipinski definition) is 0. The van der Waals surface area contributed by atoms with Crippen molar-refractivity contribution in [2.45, 2.75) is 59.8 Å². The number of benzene rings is 1. The molecule has 1 aliphatic carbocycles. The lowest BCUT2D eigenvalue weighted by atomic mass is 9.78. The van der Waals surface area contributed by atoms with E-state index in [2.05, 4.69) is 69.3 Å². The summed E-state index contributed by atoms with van der Waals surface area (Å²) in [5, 5.41) is 9.20. The molecule has 1 fully saturated rings. The van der Waals surface area contributed by atoms with Crippen LogP contribution in [-0.2, 0) is 6.42 Å². The van der Waals surface area contributed by atoms with E-state index in [0.717, 1.165) is 29.3 Å². The van der Waals surface area contributed by atoms with E-state index in [-0.39, 0.29) is 11.3 Å². The van der Waals surface area contributed by atoms with E-state index in [0.29, 0.717) is 0 Å². The van der Waals surface area contributed by atoms with E-state index >= 15 is 0 Å². The van der Waals surface area contributed by atoms with Gasteiger partial charge < -0.3 is 0 Å². The summed E-state index contributed by atoms with van der Waals surface area (Å²) < 4.78 is 0. The van der Waals surface area contributed by atoms with Crippen LogP contribution in [-0.4, -0.2) is 0 Å². The van der Waals surface area contributed by atoms with Gasteiger partial charge in [-0.15, -0.1) is 6.58 Å². The molecule has 0 N–H and O–H groups in total. The van der Waals surface area contributed by atoms with Crippen molar-refractivity contribution in [1.29, 1.82) is 0 Å². The van der Waals surface area contributed by atoms with Crippen LogP contribution in [0.3, 0.4) is 0 Å². The Morgan fingerprint density at radius 3 is 2.58 bits per heavy atom. The summed E-state index contributed by atoms with van der Waals surface area (Å²) in [6.07, 6.45) is 12.4. The molecule has 0 aromatic heterocycles. The number of nitrogens with zero attached hydrogens (tertiary/aromatic N) is 2. The van der Waals surface area contributed by atoms with Gasteiger partial charge in [-0.3, -0.25) is 0 Å². The van der Waals surface area contributed by atoms with Crippen LogP contribution in [0.4, 0.5) is 5.69 Å². The second-order valence-corrected chi connectivity index (χ2v) is 8.25. The second kappa shape index (κ2) is 9.12. The van der Waals surface area contributed by atoms with Crippen LogP contribution < -0.4 is 0 Å². The first-order chi connectivity index (χ1) is 12.4. The van der Waals surface area contributed by atoms with Crippen molar-refractivity contribution in [3.05, 3.63) is 66.4 Å². The van der Waals surface area contributed by atoms with Gasteiger partial charge in [-0.25, -0.2) is 0 Å². The molecule has 26 heavy (non-hydrogen) atoms. The van der Waals surface area contributed by atoms with Crippen LogP contribution in [0.2, 0.25) is 0 Å². The molecule has 0 heterocycles. The van der Waals surface area contributed by atoms with Crippen molar-refractivity contribution in [2.75, 3.05) is 0 Å². The molecule has 1 aromatic rings. The zero-order valence-corrected chi connectivity index (χ0v) is 17.0. The maximum atomic E-state index is 4.60. The molecule has 1 aromatic carbocycles. The standard InChI is InChI=1S/C24H34N2/c1-7-11-22(19(4)24(5,6)8-2)25-26-23-17-21(15-14-18(23)3)16-20-12-9-10-13-20/h7-8,11,14-15,17,19-20H,1-2,9-10,12-13,16H2,3-6H3/b22-11+,26-25?. The lowest BCUT2D eigenvalue weighted by molar-refractivity contribution is 0.348. The van der Waals surface area contributed by atoms with Gasteiger partial charge in [0.1, 0.15) is 0 Å². The van der Waals surface area contributed by atoms with Crippen molar-refractivity contribution in [3.8, 4) is 0 Å². The Hall–Kier alpha value is -1.96. The van der Waals surface area contributed by atoms with E-state index in [1.165, 1.54) is 31.2 Å². The van der Waals surface area contributed by atoms with Crippen LogP contribution >= 0.6 is 0 Å². The van der Waals surface area contributed by atoms with Crippen LogP contribution in [0.5, 0.6) is 0 Å². The minimum absolute atomic E-state index is 0.0484. The van der Waals surface area contributed by atoms with Gasteiger partial charge in [-0.05, 0) is 47.9 Å². The normalized spacial score (nSPS) is 17.6. The summed E-state index contributed by atoms with van der Waals surface area (Å²) in [4.78, 5) is 0. The van der Waals surface area contributed by atoms with E-state index in [1.54, 1.807) is 6.08 Å². The molecule has 0 amide bonds. The highest BCUT2D eigenvalue weighted by molar-refractivity contribution is 5.47. The lowest BCUT2D eigenvalue weighted by Gasteiger charge is -2.28. The molecule has 1 atom stereocenters. The van der Waals surface area contributed by atoms with Gasteiger partial charge in [-0.1, -0.05) is 77.3 Å². The van der Waals surface area contributed by atoms with Crippen molar-refractivity contribution < 1.29 is 0 Å². The molecule has 1 aliphatic rings. The molecule has 0 aliphatic heterocycles. The Balaban J connectivity index is 2.22. The molecule has 0 saturated heterocycles. The number of rotatable bonds is 8. The zero-order valence-electron chi connectivity index (χ0n) is 17.0. The minimum atomic E-state index is -0.0484. The van der Waals surface area contributed by atoms with Gasteiger partial charge in [0, 0.05) is 5.92 Å². The summed E-state index contributed by atoms with van der Waals surface area (Å²) >= 11 is 0. The highest BCUT2D eigenvalue weighted by Crippen LogP contribution is 2.35. The number of aryl methyl sites for hydroxylation is 1. The summed E-state index contributed by atoms with van der Waals surface area (Å²) in [5.41, 5.74) is 4.40. The highest BCUT2D eigenvalue weighted by atomic mass is 15.1. The highest BCUT2D eigenvalue weighted by Gasteiger charge is 2.25. The average molecular weight is 351 g/mol. The molecular weight excluding hydrogens is 316 g/mol. The summed E-state index contributed by atoms with van der Waals surface area (Å²) in [6, 6.07) is 6.63. The molecule has 1 saturated carbocycles. The van der Waals surface area contributed by atoms with Gasteiger partial charge in [0.25, 0.3) is 0 Å². The van der Waals surface area contributed by atoms with Crippen molar-refractivity contribution >= 4 is 5.69 Å². The fourth-order valence-electron chi connectivity index (χ4n) is 3.49. The topological polar surface area (TPSA) is 24.7 Å². The fourth-order valence-corrected chi connectivity index (χ4v) is 3.49. The molecule has 0 radical (unpaired) electrons.